The molecule has 2 aliphatic carbocycles. The summed E-state index contributed by atoms with van der Waals surface area (Å²) in [7, 11) is 0. The third-order valence-electron chi connectivity index (χ3n) is 5.74. The lowest BCUT2D eigenvalue weighted by Crippen LogP contribution is -2.51. The minimum absolute atomic E-state index is 0.108. The van der Waals surface area contributed by atoms with Gasteiger partial charge >= 0.3 is 6.03 Å². The molecule has 2 saturated carbocycles. The molecule has 3 aliphatic rings. The van der Waals surface area contributed by atoms with E-state index in [-0.39, 0.29) is 29.6 Å². The average molecular weight is 359 g/mol. The van der Waals surface area contributed by atoms with E-state index in [4.69, 9.17) is 0 Å². The highest BCUT2D eigenvalue weighted by molar-refractivity contribution is 6.07. The fourth-order valence-corrected chi connectivity index (χ4v) is 4.03. The standard InChI is InChI=1S/C19H22FN3O3/c20-14-3-1-12(2-4-14)11-23(15-5-6-15)16(24)13-7-9-19(10-8-13)17(25)21-18(26)22-19/h1-4,13,15H,5-11H2,(H2,21,22,25,26). The molecular formula is C19H22FN3O3. The maximum atomic E-state index is 13.1. The largest absolute Gasteiger partial charge is 0.335 e. The van der Waals surface area contributed by atoms with E-state index < -0.39 is 11.6 Å². The van der Waals surface area contributed by atoms with Crippen molar-refractivity contribution < 1.29 is 18.8 Å². The lowest BCUT2D eigenvalue weighted by atomic mass is 9.76. The molecule has 2 N–H and O–H groups in total. The Hall–Kier alpha value is -2.44. The summed E-state index contributed by atoms with van der Waals surface area (Å²) in [5.41, 5.74) is 0.0799. The summed E-state index contributed by atoms with van der Waals surface area (Å²) in [6, 6.07) is 6.07. The van der Waals surface area contributed by atoms with E-state index in [1.54, 1.807) is 12.1 Å². The van der Waals surface area contributed by atoms with Gasteiger partial charge in [0.25, 0.3) is 5.91 Å². The smallest absolute Gasteiger partial charge is 0.322 e. The van der Waals surface area contributed by atoms with Crippen molar-refractivity contribution in [2.75, 3.05) is 0 Å². The van der Waals surface area contributed by atoms with E-state index in [9.17, 15) is 18.8 Å². The van der Waals surface area contributed by atoms with Gasteiger partial charge in [-0.25, -0.2) is 9.18 Å². The molecule has 0 radical (unpaired) electrons. The van der Waals surface area contributed by atoms with Gasteiger partial charge in [0, 0.05) is 18.5 Å². The molecule has 0 atom stereocenters. The molecular weight excluding hydrogens is 337 g/mol. The lowest BCUT2D eigenvalue weighted by Gasteiger charge is -2.36. The van der Waals surface area contributed by atoms with Crippen LogP contribution in [0.5, 0.6) is 0 Å². The van der Waals surface area contributed by atoms with Crippen LogP contribution in [0.1, 0.15) is 44.1 Å². The van der Waals surface area contributed by atoms with Crippen molar-refractivity contribution in [1.29, 1.82) is 0 Å². The number of rotatable bonds is 4. The Labute approximate surface area is 151 Å². The second kappa shape index (κ2) is 6.37. The Balaban J connectivity index is 1.42. The average Bonchev–Trinajstić information content (AvgIpc) is 3.42. The number of halogens is 1. The van der Waals surface area contributed by atoms with Crippen molar-refractivity contribution >= 4 is 17.8 Å². The van der Waals surface area contributed by atoms with E-state index in [0.29, 0.717) is 32.2 Å². The Bertz CT molecular complexity index is 737. The first-order chi connectivity index (χ1) is 12.5. The van der Waals surface area contributed by atoms with Crippen LogP contribution in [-0.2, 0) is 16.1 Å². The third kappa shape index (κ3) is 3.18. The van der Waals surface area contributed by atoms with Crippen LogP contribution in [0.3, 0.4) is 0 Å². The number of imide groups is 1. The highest BCUT2D eigenvalue weighted by Crippen LogP contribution is 2.37. The number of nitrogens with one attached hydrogen (secondary N) is 2. The number of benzene rings is 1. The Morgan fingerprint density at radius 1 is 1.12 bits per heavy atom. The van der Waals surface area contributed by atoms with Gasteiger partial charge in [-0.3, -0.25) is 14.9 Å². The van der Waals surface area contributed by atoms with Crippen LogP contribution in [0.4, 0.5) is 9.18 Å². The molecule has 1 aliphatic heterocycles. The van der Waals surface area contributed by atoms with Gasteiger partial charge in [-0.1, -0.05) is 12.1 Å². The van der Waals surface area contributed by atoms with E-state index in [1.165, 1.54) is 12.1 Å². The first kappa shape index (κ1) is 17.0. The van der Waals surface area contributed by atoms with Gasteiger partial charge in [-0.05, 0) is 56.2 Å². The first-order valence-corrected chi connectivity index (χ1v) is 9.15. The summed E-state index contributed by atoms with van der Waals surface area (Å²) in [6.45, 7) is 0.489. The van der Waals surface area contributed by atoms with Gasteiger partial charge in [0.2, 0.25) is 5.91 Å². The highest BCUT2D eigenvalue weighted by atomic mass is 19.1. The molecule has 26 heavy (non-hydrogen) atoms. The van der Waals surface area contributed by atoms with Gasteiger partial charge in [0.05, 0.1) is 0 Å². The van der Waals surface area contributed by atoms with E-state index in [2.05, 4.69) is 10.6 Å². The van der Waals surface area contributed by atoms with Gasteiger partial charge < -0.3 is 10.2 Å². The predicted octanol–water partition coefficient (Wildman–Crippen LogP) is 2.09. The first-order valence-electron chi connectivity index (χ1n) is 9.15. The Morgan fingerprint density at radius 2 is 1.77 bits per heavy atom. The van der Waals surface area contributed by atoms with Crippen molar-refractivity contribution in [2.24, 2.45) is 5.92 Å². The van der Waals surface area contributed by atoms with Crippen molar-refractivity contribution in [3.63, 3.8) is 0 Å². The maximum Gasteiger partial charge on any atom is 0.322 e. The lowest BCUT2D eigenvalue weighted by molar-refractivity contribution is -0.139. The molecule has 138 valence electrons. The normalized spacial score (nSPS) is 28.0. The fourth-order valence-electron chi connectivity index (χ4n) is 4.03. The number of urea groups is 1. The van der Waals surface area contributed by atoms with Crippen LogP contribution in [0.25, 0.3) is 0 Å². The number of carbonyl (C=O) groups excluding carboxylic acids is 3. The van der Waals surface area contributed by atoms with Gasteiger partial charge in [0.1, 0.15) is 11.4 Å². The van der Waals surface area contributed by atoms with Crippen LogP contribution in [0, 0.1) is 11.7 Å². The van der Waals surface area contributed by atoms with E-state index >= 15 is 0 Å². The summed E-state index contributed by atoms with van der Waals surface area (Å²) in [6.07, 6.45) is 4.13. The van der Waals surface area contributed by atoms with E-state index in [0.717, 1.165) is 18.4 Å². The second-order valence-electron chi connectivity index (χ2n) is 7.59. The molecule has 0 unspecified atom stereocenters. The second-order valence-corrected chi connectivity index (χ2v) is 7.59. The molecule has 1 heterocycles. The molecule has 4 amide bonds. The topological polar surface area (TPSA) is 78.5 Å². The van der Waals surface area contributed by atoms with E-state index in [1.807, 2.05) is 4.90 Å². The summed E-state index contributed by atoms with van der Waals surface area (Å²) < 4.78 is 13.1. The molecule has 1 spiro atoms. The number of hydrogen-bond acceptors (Lipinski definition) is 3. The minimum atomic E-state index is -0.838. The summed E-state index contributed by atoms with van der Waals surface area (Å²) in [5.74, 6) is -0.588. The van der Waals surface area contributed by atoms with Crippen molar-refractivity contribution in [2.45, 2.75) is 56.7 Å². The zero-order valence-corrected chi connectivity index (χ0v) is 14.5. The van der Waals surface area contributed by atoms with Crippen molar-refractivity contribution in [3.8, 4) is 0 Å². The van der Waals surface area contributed by atoms with Crippen LogP contribution in [-0.4, -0.2) is 34.3 Å². The zero-order chi connectivity index (χ0) is 18.3. The Morgan fingerprint density at radius 3 is 2.31 bits per heavy atom. The molecule has 1 aromatic carbocycles. The van der Waals surface area contributed by atoms with Crippen LogP contribution < -0.4 is 10.6 Å². The minimum Gasteiger partial charge on any atom is -0.335 e. The molecule has 7 heteroatoms. The monoisotopic (exact) mass is 359 g/mol. The summed E-state index contributed by atoms with van der Waals surface area (Å²) >= 11 is 0. The molecule has 3 fully saturated rings. The molecule has 0 aromatic heterocycles. The number of hydrogen-bond donors (Lipinski definition) is 2. The molecule has 1 aromatic rings. The molecule has 4 rings (SSSR count). The summed E-state index contributed by atoms with van der Waals surface area (Å²) in [5, 5.41) is 5.02. The SMILES string of the molecule is O=C1NC(=O)C2(CCC(C(=O)N(Cc3ccc(F)cc3)C3CC3)CC2)N1. The third-order valence-corrected chi connectivity index (χ3v) is 5.74. The van der Waals surface area contributed by atoms with Gasteiger partial charge in [0.15, 0.2) is 0 Å². The van der Waals surface area contributed by atoms with Gasteiger partial charge in [-0.2, -0.15) is 0 Å². The van der Waals surface area contributed by atoms with Crippen LogP contribution in [0.15, 0.2) is 24.3 Å². The highest BCUT2D eigenvalue weighted by Gasteiger charge is 2.49. The summed E-state index contributed by atoms with van der Waals surface area (Å²) in [4.78, 5) is 38.4. The van der Waals surface area contributed by atoms with Gasteiger partial charge in [-0.15, -0.1) is 0 Å². The number of nitrogens with zero attached hydrogens (tertiary/aromatic N) is 1. The molecule has 1 saturated heterocycles. The van der Waals surface area contributed by atoms with Crippen molar-refractivity contribution in [1.82, 2.24) is 15.5 Å². The van der Waals surface area contributed by atoms with Crippen LogP contribution >= 0.6 is 0 Å². The molecule has 6 nitrogen and oxygen atoms in total. The zero-order valence-electron chi connectivity index (χ0n) is 14.5. The predicted molar refractivity (Wildman–Crippen MR) is 91.3 cm³/mol. The maximum absolute atomic E-state index is 13.1. The quantitative estimate of drug-likeness (QED) is 0.808. The molecule has 0 bridgehead atoms. The van der Waals surface area contributed by atoms with Crippen molar-refractivity contribution in [3.05, 3.63) is 35.6 Å². The van der Waals surface area contributed by atoms with Crippen LogP contribution in [0.2, 0.25) is 0 Å². The number of carbonyl (C=O) groups is 3. The fraction of sp³-hybridized carbons (Fsp3) is 0.526. The Kier molecular flexibility index (Phi) is 4.17. The number of amides is 4.